The van der Waals surface area contributed by atoms with Crippen molar-refractivity contribution in [1.29, 1.82) is 0 Å². The zero-order valence-corrected chi connectivity index (χ0v) is 15.3. The van der Waals surface area contributed by atoms with Gasteiger partial charge in [-0.1, -0.05) is 0 Å². The molecule has 140 valence electrons. The molecule has 0 unspecified atom stereocenters. The van der Waals surface area contributed by atoms with E-state index in [1.165, 1.54) is 6.07 Å². The minimum Gasteiger partial charge on any atom is -0.493 e. The Morgan fingerprint density at radius 3 is 2.81 bits per heavy atom. The Morgan fingerprint density at radius 2 is 1.93 bits per heavy atom. The zero-order valence-electron chi connectivity index (χ0n) is 14.5. The fraction of sp³-hybridized carbons (Fsp3) is 0.316. The maximum atomic E-state index is 12.8. The number of ether oxygens (including phenoxy) is 2. The molecule has 0 saturated carbocycles. The molecule has 2 aromatic rings. The first-order valence-corrected chi connectivity index (χ1v) is 10.4. The van der Waals surface area contributed by atoms with E-state index >= 15 is 0 Å². The van der Waals surface area contributed by atoms with E-state index < -0.39 is 10.0 Å². The number of carbonyl (C=O) groups excluding carboxylic acids is 1. The molecule has 0 aromatic heterocycles. The van der Waals surface area contributed by atoms with Crippen molar-refractivity contribution >= 4 is 21.6 Å². The van der Waals surface area contributed by atoms with Crippen LogP contribution in [0.5, 0.6) is 11.5 Å². The zero-order chi connectivity index (χ0) is 18.6. The van der Waals surface area contributed by atoms with Gasteiger partial charge in [0.25, 0.3) is 0 Å². The van der Waals surface area contributed by atoms with E-state index in [2.05, 4.69) is 10.0 Å². The first-order valence-electron chi connectivity index (χ1n) is 8.87. The molecule has 0 spiro atoms. The fourth-order valence-electron chi connectivity index (χ4n) is 3.90. The molecule has 0 bridgehead atoms. The van der Waals surface area contributed by atoms with Gasteiger partial charge in [0, 0.05) is 41.8 Å². The third-order valence-electron chi connectivity index (χ3n) is 5.21. The van der Waals surface area contributed by atoms with E-state index in [4.69, 9.17) is 9.47 Å². The van der Waals surface area contributed by atoms with E-state index in [1.54, 1.807) is 12.1 Å². The number of sulfonamides is 1. The van der Waals surface area contributed by atoms with E-state index in [1.807, 2.05) is 6.07 Å². The highest BCUT2D eigenvalue weighted by molar-refractivity contribution is 7.89. The monoisotopic (exact) mass is 386 g/mol. The third kappa shape index (κ3) is 2.76. The second kappa shape index (κ2) is 5.97. The summed E-state index contributed by atoms with van der Waals surface area (Å²) in [6, 6.07) is 6.69. The van der Waals surface area contributed by atoms with Gasteiger partial charge in [-0.2, -0.15) is 0 Å². The van der Waals surface area contributed by atoms with Gasteiger partial charge in [0.1, 0.15) is 11.5 Å². The van der Waals surface area contributed by atoms with Crippen LogP contribution < -0.4 is 19.5 Å². The van der Waals surface area contributed by atoms with Gasteiger partial charge in [-0.3, -0.25) is 4.79 Å². The summed E-state index contributed by atoms with van der Waals surface area (Å²) in [5, 5.41) is 2.71. The summed E-state index contributed by atoms with van der Waals surface area (Å²) in [7, 11) is -3.72. The van der Waals surface area contributed by atoms with Gasteiger partial charge < -0.3 is 14.8 Å². The van der Waals surface area contributed by atoms with Crippen LogP contribution in [0, 0.1) is 0 Å². The first kappa shape index (κ1) is 16.6. The molecule has 3 heterocycles. The minimum atomic E-state index is -3.72. The summed E-state index contributed by atoms with van der Waals surface area (Å²) in [5.74, 6) is 1.49. The Hall–Kier alpha value is -2.58. The molecule has 5 rings (SSSR count). The van der Waals surface area contributed by atoms with Crippen LogP contribution in [0.4, 0.5) is 5.69 Å². The second-order valence-electron chi connectivity index (χ2n) is 6.89. The lowest BCUT2D eigenvalue weighted by molar-refractivity contribution is -0.115. The van der Waals surface area contributed by atoms with Crippen molar-refractivity contribution in [2.45, 2.75) is 30.7 Å². The highest BCUT2D eigenvalue weighted by Crippen LogP contribution is 2.40. The number of benzene rings is 2. The molecule has 7 nitrogen and oxygen atoms in total. The van der Waals surface area contributed by atoms with Gasteiger partial charge in [-0.05, 0) is 29.8 Å². The average Bonchev–Trinajstić information content (AvgIpc) is 3.35. The quantitative estimate of drug-likeness (QED) is 0.831. The van der Waals surface area contributed by atoms with E-state index in [0.29, 0.717) is 24.5 Å². The predicted octanol–water partition coefficient (Wildman–Crippen LogP) is 1.53. The number of hydrogen-bond acceptors (Lipinski definition) is 5. The molecule has 2 aromatic carbocycles. The molecule has 2 N–H and O–H groups in total. The van der Waals surface area contributed by atoms with Crippen molar-refractivity contribution in [1.82, 2.24) is 4.72 Å². The van der Waals surface area contributed by atoms with Crippen LogP contribution in [-0.4, -0.2) is 27.5 Å². The Kier molecular flexibility index (Phi) is 3.66. The maximum absolute atomic E-state index is 12.8. The number of anilines is 1. The van der Waals surface area contributed by atoms with E-state index in [9.17, 15) is 13.2 Å². The Balaban J connectivity index is 1.44. The molecule has 0 saturated heterocycles. The first-order chi connectivity index (χ1) is 13.0. The SMILES string of the molecule is O=C1Cc2cc(S(=O)(=O)NCc3c4c(cc5c3OCC5)OCC4)ccc2N1. The molecular weight excluding hydrogens is 368 g/mol. The topological polar surface area (TPSA) is 93.7 Å². The Labute approximate surface area is 156 Å². The van der Waals surface area contributed by atoms with Crippen molar-refractivity contribution < 1.29 is 22.7 Å². The van der Waals surface area contributed by atoms with E-state index in [0.717, 1.165) is 41.0 Å². The van der Waals surface area contributed by atoms with Crippen LogP contribution in [0.1, 0.15) is 22.3 Å². The normalized spacial score (nSPS) is 17.0. The average molecular weight is 386 g/mol. The number of nitrogens with one attached hydrogen (secondary N) is 2. The number of fused-ring (bicyclic) bond motifs is 3. The molecule has 0 fully saturated rings. The van der Waals surface area contributed by atoms with Crippen molar-refractivity contribution in [3.8, 4) is 11.5 Å². The molecule has 0 atom stereocenters. The van der Waals surface area contributed by atoms with Crippen LogP contribution in [0.3, 0.4) is 0 Å². The molecule has 8 heteroatoms. The molecule has 0 aliphatic carbocycles. The maximum Gasteiger partial charge on any atom is 0.240 e. The highest BCUT2D eigenvalue weighted by atomic mass is 32.2. The van der Waals surface area contributed by atoms with Gasteiger partial charge in [-0.15, -0.1) is 0 Å². The number of hydrogen-bond donors (Lipinski definition) is 2. The number of amides is 1. The van der Waals surface area contributed by atoms with Crippen LogP contribution in [0.25, 0.3) is 0 Å². The van der Waals surface area contributed by atoms with Crippen molar-refractivity contribution in [3.63, 3.8) is 0 Å². The summed E-state index contributed by atoms with van der Waals surface area (Å²) < 4.78 is 39.7. The van der Waals surface area contributed by atoms with Crippen LogP contribution >= 0.6 is 0 Å². The van der Waals surface area contributed by atoms with Crippen molar-refractivity contribution in [3.05, 3.63) is 46.5 Å². The van der Waals surface area contributed by atoms with E-state index in [-0.39, 0.29) is 23.8 Å². The lowest BCUT2D eigenvalue weighted by Gasteiger charge is -2.14. The highest BCUT2D eigenvalue weighted by Gasteiger charge is 2.28. The predicted molar refractivity (Wildman–Crippen MR) is 97.6 cm³/mol. The van der Waals surface area contributed by atoms with Gasteiger partial charge >= 0.3 is 0 Å². The minimum absolute atomic E-state index is 0.125. The summed E-state index contributed by atoms with van der Waals surface area (Å²) in [6.45, 7) is 1.35. The molecular formula is C19H18N2O5S. The number of rotatable bonds is 4. The van der Waals surface area contributed by atoms with Gasteiger partial charge in [0.15, 0.2) is 0 Å². The van der Waals surface area contributed by atoms with Gasteiger partial charge in [0.2, 0.25) is 15.9 Å². The van der Waals surface area contributed by atoms with Crippen molar-refractivity contribution in [2.75, 3.05) is 18.5 Å². The Morgan fingerprint density at radius 1 is 1.07 bits per heavy atom. The molecule has 3 aliphatic heterocycles. The van der Waals surface area contributed by atoms with Gasteiger partial charge in [0.05, 0.1) is 24.5 Å². The molecule has 0 radical (unpaired) electrons. The number of carbonyl (C=O) groups is 1. The third-order valence-corrected chi connectivity index (χ3v) is 6.61. The summed E-state index contributed by atoms with van der Waals surface area (Å²) in [6.07, 6.45) is 1.75. The largest absolute Gasteiger partial charge is 0.493 e. The van der Waals surface area contributed by atoms with Crippen molar-refractivity contribution in [2.24, 2.45) is 0 Å². The second-order valence-corrected chi connectivity index (χ2v) is 8.65. The van der Waals surface area contributed by atoms with Crippen LogP contribution in [0.15, 0.2) is 29.2 Å². The smallest absolute Gasteiger partial charge is 0.240 e. The Bertz CT molecular complexity index is 1050. The summed E-state index contributed by atoms with van der Waals surface area (Å²) in [4.78, 5) is 11.6. The van der Waals surface area contributed by atoms with Crippen LogP contribution in [0.2, 0.25) is 0 Å². The fourth-order valence-corrected chi connectivity index (χ4v) is 4.94. The molecule has 1 amide bonds. The van der Waals surface area contributed by atoms with Gasteiger partial charge in [-0.25, -0.2) is 13.1 Å². The van der Waals surface area contributed by atoms with Crippen LogP contribution in [-0.2, 0) is 40.6 Å². The summed E-state index contributed by atoms with van der Waals surface area (Å²) in [5.41, 5.74) is 4.30. The lowest BCUT2D eigenvalue weighted by atomic mass is 10.00. The molecule has 3 aliphatic rings. The lowest BCUT2D eigenvalue weighted by Crippen LogP contribution is -2.24. The summed E-state index contributed by atoms with van der Waals surface area (Å²) >= 11 is 0. The molecule has 27 heavy (non-hydrogen) atoms. The standard InChI is InChI=1S/C19H18N2O5S/c22-18-9-12-7-13(1-2-16(12)21-18)27(23,24)20-10-15-14-4-6-25-17(14)8-11-3-5-26-19(11)15/h1-2,7-8,20H,3-6,9-10H2,(H,21,22).